The molecule has 0 aliphatic carbocycles. The molecule has 0 radical (unpaired) electrons. The maximum Gasteiger partial charge on any atom is 0.417 e. The topological polar surface area (TPSA) is 47.3 Å². The number of halogens is 3. The normalized spacial score (nSPS) is 12.9. The van der Waals surface area contributed by atoms with Crippen molar-refractivity contribution < 1.29 is 18.3 Å². The Kier molecular flexibility index (Phi) is 4.19. The third-order valence-electron chi connectivity index (χ3n) is 2.76. The second-order valence-electron chi connectivity index (χ2n) is 3.98. The first-order chi connectivity index (χ1) is 8.31. The predicted octanol–water partition coefficient (Wildman–Crippen LogP) is 2.39. The van der Waals surface area contributed by atoms with E-state index in [0.717, 1.165) is 6.07 Å². The first-order valence-corrected chi connectivity index (χ1v) is 5.26. The number of nitrogens with zero attached hydrogens (tertiary/aromatic N) is 2. The summed E-state index contributed by atoms with van der Waals surface area (Å²) in [5, 5.41) is 17.8. The lowest BCUT2D eigenvalue weighted by atomic mass is 10.1. The number of benzene rings is 1. The average molecular weight is 258 g/mol. The Morgan fingerprint density at radius 1 is 1.44 bits per heavy atom. The fourth-order valence-corrected chi connectivity index (χ4v) is 1.47. The summed E-state index contributed by atoms with van der Waals surface area (Å²) in [7, 11) is 1.64. The standard InChI is InChI=1S/C12H13F3N2O/c1-8(7-18)17(2)10-3-4-11(12(13,14)15)9(5-10)6-16/h3-5,8,18H,7H2,1-2H3. The minimum Gasteiger partial charge on any atom is -0.394 e. The number of hydrogen-bond donors (Lipinski definition) is 1. The average Bonchev–Trinajstić information content (AvgIpc) is 2.34. The van der Waals surface area contributed by atoms with Gasteiger partial charge in [0, 0.05) is 18.8 Å². The number of rotatable bonds is 3. The lowest BCUT2D eigenvalue weighted by Crippen LogP contribution is -2.31. The van der Waals surface area contributed by atoms with E-state index in [9.17, 15) is 13.2 Å². The molecule has 98 valence electrons. The predicted molar refractivity (Wildman–Crippen MR) is 61.1 cm³/mol. The molecule has 1 aromatic carbocycles. The van der Waals surface area contributed by atoms with Crippen LogP contribution in [0.3, 0.4) is 0 Å². The molecule has 0 heterocycles. The number of alkyl halides is 3. The third-order valence-corrected chi connectivity index (χ3v) is 2.76. The molecule has 18 heavy (non-hydrogen) atoms. The number of anilines is 1. The SMILES string of the molecule is CC(CO)N(C)c1ccc(C(F)(F)F)c(C#N)c1. The fourth-order valence-electron chi connectivity index (χ4n) is 1.47. The summed E-state index contributed by atoms with van der Waals surface area (Å²) in [6.07, 6.45) is -4.54. The molecule has 0 amide bonds. The van der Waals surface area contributed by atoms with E-state index < -0.39 is 17.3 Å². The molecule has 0 saturated heterocycles. The highest BCUT2D eigenvalue weighted by Gasteiger charge is 2.33. The second kappa shape index (κ2) is 5.27. The Morgan fingerprint density at radius 2 is 2.06 bits per heavy atom. The minimum absolute atomic E-state index is 0.126. The summed E-state index contributed by atoms with van der Waals surface area (Å²) in [5.74, 6) is 0. The number of nitriles is 1. The molecule has 0 aromatic heterocycles. The Labute approximate surface area is 103 Å². The fraction of sp³-hybridized carbons (Fsp3) is 0.417. The molecular formula is C12H13F3N2O. The van der Waals surface area contributed by atoms with Crippen LogP contribution in [0.1, 0.15) is 18.1 Å². The number of likely N-dealkylation sites (N-methyl/N-ethyl adjacent to an activating group) is 1. The molecule has 0 bridgehead atoms. The van der Waals surface area contributed by atoms with Gasteiger partial charge in [-0.05, 0) is 25.1 Å². The van der Waals surface area contributed by atoms with E-state index in [4.69, 9.17) is 10.4 Å². The smallest absolute Gasteiger partial charge is 0.394 e. The molecule has 0 spiro atoms. The van der Waals surface area contributed by atoms with Crippen LogP contribution in [-0.4, -0.2) is 24.8 Å². The van der Waals surface area contributed by atoms with E-state index in [1.165, 1.54) is 12.1 Å². The van der Waals surface area contributed by atoms with Crippen LogP contribution < -0.4 is 4.90 Å². The zero-order chi connectivity index (χ0) is 13.9. The van der Waals surface area contributed by atoms with Crippen molar-refractivity contribution in [1.29, 1.82) is 5.26 Å². The van der Waals surface area contributed by atoms with Crippen LogP contribution >= 0.6 is 0 Å². The van der Waals surface area contributed by atoms with Crippen LogP contribution in [0.4, 0.5) is 18.9 Å². The van der Waals surface area contributed by atoms with Crippen molar-refractivity contribution in [1.82, 2.24) is 0 Å². The Balaban J connectivity index is 3.19. The number of hydrogen-bond acceptors (Lipinski definition) is 3. The molecule has 1 rings (SSSR count). The zero-order valence-corrected chi connectivity index (χ0v) is 9.99. The largest absolute Gasteiger partial charge is 0.417 e. The van der Waals surface area contributed by atoms with Crippen molar-refractivity contribution in [2.24, 2.45) is 0 Å². The van der Waals surface area contributed by atoms with E-state index in [0.29, 0.717) is 5.69 Å². The Morgan fingerprint density at radius 3 is 2.50 bits per heavy atom. The van der Waals surface area contributed by atoms with Gasteiger partial charge in [0.1, 0.15) is 0 Å². The van der Waals surface area contributed by atoms with E-state index in [2.05, 4.69) is 0 Å². The van der Waals surface area contributed by atoms with Crippen LogP contribution in [0.5, 0.6) is 0 Å². The molecule has 0 fully saturated rings. The van der Waals surface area contributed by atoms with Gasteiger partial charge in [0.15, 0.2) is 0 Å². The Bertz CT molecular complexity index is 465. The summed E-state index contributed by atoms with van der Waals surface area (Å²) in [6, 6.07) is 4.65. The van der Waals surface area contributed by atoms with Crippen molar-refractivity contribution in [2.75, 3.05) is 18.6 Å². The van der Waals surface area contributed by atoms with Gasteiger partial charge in [0.2, 0.25) is 0 Å². The highest BCUT2D eigenvalue weighted by atomic mass is 19.4. The first kappa shape index (κ1) is 14.3. The van der Waals surface area contributed by atoms with Gasteiger partial charge in [-0.1, -0.05) is 0 Å². The highest BCUT2D eigenvalue weighted by molar-refractivity contribution is 5.55. The molecule has 1 atom stereocenters. The first-order valence-electron chi connectivity index (χ1n) is 5.26. The van der Waals surface area contributed by atoms with Crippen LogP contribution in [0.2, 0.25) is 0 Å². The summed E-state index contributed by atoms with van der Waals surface area (Å²) < 4.78 is 37.8. The van der Waals surface area contributed by atoms with Crippen LogP contribution in [0, 0.1) is 11.3 Å². The maximum absolute atomic E-state index is 12.6. The zero-order valence-electron chi connectivity index (χ0n) is 9.99. The molecule has 3 nitrogen and oxygen atoms in total. The molecular weight excluding hydrogens is 245 g/mol. The number of aliphatic hydroxyl groups excluding tert-OH is 1. The van der Waals surface area contributed by atoms with Crippen molar-refractivity contribution in [3.63, 3.8) is 0 Å². The van der Waals surface area contributed by atoms with Crippen LogP contribution in [0.25, 0.3) is 0 Å². The van der Waals surface area contributed by atoms with Gasteiger partial charge in [-0.2, -0.15) is 18.4 Å². The van der Waals surface area contributed by atoms with E-state index in [1.54, 1.807) is 24.9 Å². The third kappa shape index (κ3) is 2.93. The van der Waals surface area contributed by atoms with Gasteiger partial charge in [0.05, 0.1) is 23.8 Å². The quantitative estimate of drug-likeness (QED) is 0.905. The van der Waals surface area contributed by atoms with E-state index >= 15 is 0 Å². The van der Waals surface area contributed by atoms with Gasteiger partial charge in [0.25, 0.3) is 0 Å². The van der Waals surface area contributed by atoms with Crippen LogP contribution in [0.15, 0.2) is 18.2 Å². The summed E-state index contributed by atoms with van der Waals surface area (Å²) in [5.41, 5.74) is -0.906. The van der Waals surface area contributed by atoms with Gasteiger partial charge < -0.3 is 10.0 Å². The lowest BCUT2D eigenvalue weighted by molar-refractivity contribution is -0.137. The molecule has 6 heteroatoms. The highest BCUT2D eigenvalue weighted by Crippen LogP contribution is 2.33. The molecule has 1 unspecified atom stereocenters. The summed E-state index contributed by atoms with van der Waals surface area (Å²) in [4.78, 5) is 1.61. The van der Waals surface area contributed by atoms with Crippen molar-refractivity contribution in [2.45, 2.75) is 19.1 Å². The molecule has 1 aromatic rings. The number of aliphatic hydroxyl groups is 1. The molecule has 0 saturated carbocycles. The summed E-state index contributed by atoms with van der Waals surface area (Å²) in [6.45, 7) is 1.60. The molecule has 1 N–H and O–H groups in total. The van der Waals surface area contributed by atoms with Gasteiger partial charge in [-0.15, -0.1) is 0 Å². The van der Waals surface area contributed by atoms with Gasteiger partial charge >= 0.3 is 6.18 Å². The Hall–Kier alpha value is -1.74. The molecule has 0 aliphatic heterocycles. The monoisotopic (exact) mass is 258 g/mol. The van der Waals surface area contributed by atoms with E-state index in [1.807, 2.05) is 0 Å². The summed E-state index contributed by atoms with van der Waals surface area (Å²) >= 11 is 0. The molecule has 0 aliphatic rings. The van der Waals surface area contributed by atoms with Crippen LogP contribution in [-0.2, 0) is 6.18 Å². The van der Waals surface area contributed by atoms with E-state index in [-0.39, 0.29) is 12.6 Å². The van der Waals surface area contributed by atoms with Gasteiger partial charge in [-0.25, -0.2) is 0 Å². The second-order valence-corrected chi connectivity index (χ2v) is 3.98. The van der Waals surface area contributed by atoms with Crippen molar-refractivity contribution in [3.8, 4) is 6.07 Å². The van der Waals surface area contributed by atoms with Crippen molar-refractivity contribution in [3.05, 3.63) is 29.3 Å². The maximum atomic E-state index is 12.6. The lowest BCUT2D eigenvalue weighted by Gasteiger charge is -2.26. The van der Waals surface area contributed by atoms with Gasteiger partial charge in [-0.3, -0.25) is 0 Å². The minimum atomic E-state index is -4.54. The van der Waals surface area contributed by atoms with Crippen molar-refractivity contribution >= 4 is 5.69 Å².